The van der Waals surface area contributed by atoms with Crippen LogP contribution in [0.1, 0.15) is 40.0 Å². The standard InChI is InChI=1S/C31H27N3O2/c1-19(25-9-5-7-20-6-3-4-8-26(20)25)32-31(35)22-12-10-21(11-13-22)29-28-16-14-23-18-24(36-2)15-17-27(23)30(28)34-33-29/h3-13,15,17-19H,14,16H2,1-2H3,(H,32,35)(H,33,34)/t19-/m0/s1. The highest BCUT2D eigenvalue weighted by atomic mass is 16.5. The number of carbonyl (C=O) groups is 1. The van der Waals surface area contributed by atoms with E-state index in [4.69, 9.17) is 4.74 Å². The van der Waals surface area contributed by atoms with Gasteiger partial charge in [0.2, 0.25) is 0 Å². The van der Waals surface area contributed by atoms with Crippen LogP contribution < -0.4 is 10.1 Å². The maximum atomic E-state index is 13.0. The highest BCUT2D eigenvalue weighted by molar-refractivity contribution is 5.95. The van der Waals surface area contributed by atoms with Gasteiger partial charge in [-0.2, -0.15) is 5.10 Å². The van der Waals surface area contributed by atoms with Crippen molar-refractivity contribution in [3.63, 3.8) is 0 Å². The minimum atomic E-state index is -0.111. The summed E-state index contributed by atoms with van der Waals surface area (Å²) in [6.07, 6.45) is 1.85. The Hall–Kier alpha value is -4.38. The molecule has 1 atom stereocenters. The predicted octanol–water partition coefficient (Wildman–Crippen LogP) is 6.50. The molecule has 1 aliphatic rings. The van der Waals surface area contributed by atoms with Crippen LogP contribution in [0, 0.1) is 0 Å². The summed E-state index contributed by atoms with van der Waals surface area (Å²) in [7, 11) is 1.69. The van der Waals surface area contributed by atoms with Gasteiger partial charge in [0.05, 0.1) is 24.5 Å². The van der Waals surface area contributed by atoms with Gasteiger partial charge in [-0.1, -0.05) is 54.6 Å². The van der Waals surface area contributed by atoms with E-state index in [1.807, 2.05) is 55.5 Å². The van der Waals surface area contributed by atoms with Gasteiger partial charge < -0.3 is 10.1 Å². The molecule has 0 saturated heterocycles. The number of hydrogen-bond donors (Lipinski definition) is 2. The number of methoxy groups -OCH3 is 1. The second-order valence-electron chi connectivity index (χ2n) is 9.29. The fourth-order valence-corrected chi connectivity index (χ4v) is 5.24. The summed E-state index contributed by atoms with van der Waals surface area (Å²) in [4.78, 5) is 13.0. The molecule has 5 aromatic rings. The van der Waals surface area contributed by atoms with E-state index in [-0.39, 0.29) is 11.9 Å². The number of ether oxygens (including phenoxy) is 1. The Morgan fingerprint density at radius 1 is 0.972 bits per heavy atom. The van der Waals surface area contributed by atoms with E-state index in [1.54, 1.807) is 7.11 Å². The second-order valence-corrected chi connectivity index (χ2v) is 9.29. The lowest BCUT2D eigenvalue weighted by Crippen LogP contribution is -2.26. The summed E-state index contributed by atoms with van der Waals surface area (Å²) in [5.41, 5.74) is 8.42. The van der Waals surface area contributed by atoms with E-state index in [2.05, 4.69) is 51.9 Å². The molecule has 4 aromatic carbocycles. The zero-order chi connectivity index (χ0) is 24.6. The number of benzene rings is 4. The minimum absolute atomic E-state index is 0.0890. The summed E-state index contributed by atoms with van der Waals surface area (Å²) >= 11 is 0. The number of fused-ring (bicyclic) bond motifs is 4. The van der Waals surface area contributed by atoms with Crippen molar-refractivity contribution in [3.8, 4) is 28.3 Å². The Bertz CT molecular complexity index is 1580. The van der Waals surface area contributed by atoms with E-state index in [0.29, 0.717) is 5.56 Å². The first kappa shape index (κ1) is 22.1. The van der Waals surface area contributed by atoms with E-state index in [9.17, 15) is 4.79 Å². The van der Waals surface area contributed by atoms with Crippen molar-refractivity contribution in [2.75, 3.05) is 7.11 Å². The molecule has 1 amide bonds. The SMILES string of the molecule is COc1ccc2c(c1)CCc1c(-c3ccc(C(=O)N[C@@H](C)c4cccc5ccccc45)cc3)n[nH]c1-2. The van der Waals surface area contributed by atoms with Gasteiger partial charge in [-0.05, 0) is 72.0 Å². The Morgan fingerprint density at radius 2 is 1.78 bits per heavy atom. The molecule has 0 spiro atoms. The summed E-state index contributed by atoms with van der Waals surface area (Å²) in [6.45, 7) is 2.03. The van der Waals surface area contributed by atoms with Crippen molar-refractivity contribution in [1.82, 2.24) is 15.5 Å². The molecular formula is C31H27N3O2. The number of hydrogen-bond acceptors (Lipinski definition) is 3. The van der Waals surface area contributed by atoms with Gasteiger partial charge in [-0.3, -0.25) is 9.89 Å². The third-order valence-electron chi connectivity index (χ3n) is 7.15. The smallest absolute Gasteiger partial charge is 0.251 e. The quantitative estimate of drug-likeness (QED) is 0.306. The first-order valence-corrected chi connectivity index (χ1v) is 12.3. The summed E-state index contributed by atoms with van der Waals surface area (Å²) in [5, 5.41) is 13.4. The molecule has 1 heterocycles. The molecule has 0 unspecified atom stereocenters. The number of nitrogens with one attached hydrogen (secondary N) is 2. The Labute approximate surface area is 210 Å². The van der Waals surface area contributed by atoms with Crippen LogP contribution in [0.3, 0.4) is 0 Å². The second kappa shape index (κ2) is 9.00. The van der Waals surface area contributed by atoms with Gasteiger partial charge in [0.15, 0.2) is 0 Å². The third kappa shape index (κ3) is 3.83. The van der Waals surface area contributed by atoms with E-state index in [1.165, 1.54) is 22.1 Å². The number of aromatic amines is 1. The van der Waals surface area contributed by atoms with E-state index >= 15 is 0 Å². The normalized spacial score (nSPS) is 13.1. The highest BCUT2D eigenvalue weighted by Crippen LogP contribution is 2.38. The first-order valence-electron chi connectivity index (χ1n) is 12.3. The van der Waals surface area contributed by atoms with Crippen molar-refractivity contribution in [1.29, 1.82) is 0 Å². The average molecular weight is 474 g/mol. The number of nitrogens with zero attached hydrogens (tertiary/aromatic N) is 1. The number of H-pyrrole nitrogens is 1. The number of carbonyl (C=O) groups excluding carboxylic acids is 1. The summed E-state index contributed by atoms with van der Waals surface area (Å²) < 4.78 is 5.38. The molecule has 0 saturated carbocycles. The molecule has 1 aromatic heterocycles. The summed E-state index contributed by atoms with van der Waals surface area (Å²) in [6, 6.07) is 28.3. The van der Waals surface area contributed by atoms with E-state index < -0.39 is 0 Å². The molecule has 0 bridgehead atoms. The van der Waals surface area contributed by atoms with Crippen molar-refractivity contribution in [2.45, 2.75) is 25.8 Å². The highest BCUT2D eigenvalue weighted by Gasteiger charge is 2.23. The van der Waals surface area contributed by atoms with Crippen LogP contribution in [0.5, 0.6) is 5.75 Å². The van der Waals surface area contributed by atoms with Crippen molar-refractivity contribution in [3.05, 3.63) is 107 Å². The lowest BCUT2D eigenvalue weighted by Gasteiger charge is -2.18. The topological polar surface area (TPSA) is 67.0 Å². The molecule has 0 radical (unpaired) electrons. The molecule has 0 fully saturated rings. The van der Waals surface area contributed by atoms with Gasteiger partial charge in [-0.25, -0.2) is 0 Å². The largest absolute Gasteiger partial charge is 0.497 e. The van der Waals surface area contributed by atoms with Gasteiger partial charge in [-0.15, -0.1) is 0 Å². The monoisotopic (exact) mass is 473 g/mol. The number of rotatable bonds is 5. The fraction of sp³-hybridized carbons (Fsp3) is 0.161. The predicted molar refractivity (Wildman–Crippen MR) is 143 cm³/mol. The Kier molecular flexibility index (Phi) is 5.53. The van der Waals surface area contributed by atoms with Crippen LogP contribution in [0.2, 0.25) is 0 Å². The Morgan fingerprint density at radius 3 is 2.61 bits per heavy atom. The van der Waals surface area contributed by atoms with Crippen molar-refractivity contribution < 1.29 is 9.53 Å². The lowest BCUT2D eigenvalue weighted by molar-refractivity contribution is 0.0940. The molecule has 5 nitrogen and oxygen atoms in total. The zero-order valence-corrected chi connectivity index (χ0v) is 20.3. The van der Waals surface area contributed by atoms with Crippen LogP contribution in [0.4, 0.5) is 0 Å². The van der Waals surface area contributed by atoms with Crippen LogP contribution in [0.25, 0.3) is 33.3 Å². The van der Waals surface area contributed by atoms with Gasteiger partial charge in [0, 0.05) is 22.3 Å². The molecule has 0 aliphatic heterocycles. The van der Waals surface area contributed by atoms with Crippen molar-refractivity contribution >= 4 is 16.7 Å². The number of amides is 1. The molecule has 6 rings (SSSR count). The van der Waals surface area contributed by atoms with Crippen LogP contribution in [0.15, 0.2) is 84.9 Å². The maximum Gasteiger partial charge on any atom is 0.251 e. The third-order valence-corrected chi connectivity index (χ3v) is 7.15. The molecule has 1 aliphatic carbocycles. The van der Waals surface area contributed by atoms with Crippen LogP contribution in [-0.4, -0.2) is 23.2 Å². The first-order chi connectivity index (χ1) is 17.6. The van der Waals surface area contributed by atoms with Gasteiger partial charge >= 0.3 is 0 Å². The fourth-order valence-electron chi connectivity index (χ4n) is 5.24. The zero-order valence-electron chi connectivity index (χ0n) is 20.3. The minimum Gasteiger partial charge on any atom is -0.497 e. The van der Waals surface area contributed by atoms with E-state index in [0.717, 1.165) is 46.5 Å². The number of aryl methyl sites for hydroxylation is 1. The van der Waals surface area contributed by atoms with Crippen molar-refractivity contribution in [2.24, 2.45) is 0 Å². The van der Waals surface area contributed by atoms with Crippen LogP contribution in [-0.2, 0) is 12.8 Å². The molecule has 5 heteroatoms. The number of aromatic nitrogens is 2. The lowest BCUT2D eigenvalue weighted by atomic mass is 9.87. The van der Waals surface area contributed by atoms with Crippen LogP contribution >= 0.6 is 0 Å². The molecule has 178 valence electrons. The Balaban J connectivity index is 1.22. The molecule has 36 heavy (non-hydrogen) atoms. The molecule has 2 N–H and O–H groups in total. The summed E-state index contributed by atoms with van der Waals surface area (Å²) in [5.74, 6) is 0.787. The van der Waals surface area contributed by atoms with Gasteiger partial charge in [0.25, 0.3) is 5.91 Å². The maximum absolute atomic E-state index is 13.0. The average Bonchev–Trinajstić information content (AvgIpc) is 3.37. The molecular weight excluding hydrogens is 446 g/mol. The van der Waals surface area contributed by atoms with Gasteiger partial charge in [0.1, 0.15) is 5.75 Å².